The zero-order chi connectivity index (χ0) is 14.7. The Hall–Kier alpha value is -2.35. The molecule has 0 aliphatic carbocycles. The fourth-order valence-corrected chi connectivity index (χ4v) is 1.60. The molecule has 7 nitrogen and oxygen atoms in total. The SMILES string of the molecule is CC(C)NCc1cn(-c2ccc([N+](=O)[O-])c(F)c2)nn1. The Bertz CT molecular complexity index is 626. The van der Waals surface area contributed by atoms with Crippen molar-refractivity contribution in [1.82, 2.24) is 20.3 Å². The molecule has 2 aromatic rings. The van der Waals surface area contributed by atoms with Crippen LogP contribution < -0.4 is 5.32 Å². The van der Waals surface area contributed by atoms with Gasteiger partial charge in [-0.15, -0.1) is 5.10 Å². The molecule has 1 aromatic carbocycles. The third kappa shape index (κ3) is 3.15. The van der Waals surface area contributed by atoms with Gasteiger partial charge in [0.15, 0.2) is 0 Å². The van der Waals surface area contributed by atoms with Crippen LogP contribution in [-0.4, -0.2) is 26.0 Å². The second-order valence-electron chi connectivity index (χ2n) is 4.58. The second-order valence-corrected chi connectivity index (χ2v) is 4.58. The number of nitrogens with one attached hydrogen (secondary N) is 1. The number of benzene rings is 1. The molecule has 0 saturated carbocycles. The Morgan fingerprint density at radius 1 is 1.50 bits per heavy atom. The molecule has 0 aliphatic rings. The van der Waals surface area contributed by atoms with Crippen LogP contribution in [0.5, 0.6) is 0 Å². The Morgan fingerprint density at radius 3 is 2.85 bits per heavy atom. The van der Waals surface area contributed by atoms with Gasteiger partial charge in [-0.1, -0.05) is 19.1 Å². The van der Waals surface area contributed by atoms with E-state index in [2.05, 4.69) is 15.6 Å². The number of nitro groups is 1. The molecular formula is C12H14FN5O2. The zero-order valence-electron chi connectivity index (χ0n) is 11.1. The molecule has 0 spiro atoms. The van der Waals surface area contributed by atoms with E-state index in [1.165, 1.54) is 10.7 Å². The minimum absolute atomic E-state index is 0.317. The van der Waals surface area contributed by atoms with E-state index in [0.29, 0.717) is 24.0 Å². The maximum atomic E-state index is 13.5. The molecule has 106 valence electrons. The van der Waals surface area contributed by atoms with Gasteiger partial charge in [0.05, 0.1) is 22.5 Å². The number of rotatable bonds is 5. The molecular weight excluding hydrogens is 265 g/mol. The van der Waals surface area contributed by atoms with Crippen LogP contribution in [-0.2, 0) is 6.54 Å². The van der Waals surface area contributed by atoms with Crippen LogP contribution in [0.1, 0.15) is 19.5 Å². The monoisotopic (exact) mass is 279 g/mol. The fraction of sp³-hybridized carbons (Fsp3) is 0.333. The third-order valence-electron chi connectivity index (χ3n) is 2.62. The van der Waals surface area contributed by atoms with Gasteiger partial charge in [-0.05, 0) is 6.07 Å². The molecule has 1 N–H and O–H groups in total. The molecule has 0 bridgehead atoms. The van der Waals surface area contributed by atoms with E-state index in [1.54, 1.807) is 6.20 Å². The number of halogens is 1. The minimum Gasteiger partial charge on any atom is -0.309 e. The van der Waals surface area contributed by atoms with Gasteiger partial charge >= 0.3 is 5.69 Å². The van der Waals surface area contributed by atoms with E-state index in [0.717, 1.165) is 12.1 Å². The maximum absolute atomic E-state index is 13.5. The normalized spacial score (nSPS) is 11.0. The average molecular weight is 279 g/mol. The topological polar surface area (TPSA) is 85.9 Å². The molecule has 0 aliphatic heterocycles. The molecule has 8 heteroatoms. The number of hydrogen-bond acceptors (Lipinski definition) is 5. The Balaban J connectivity index is 2.20. The van der Waals surface area contributed by atoms with Crippen LogP contribution >= 0.6 is 0 Å². The maximum Gasteiger partial charge on any atom is 0.304 e. The van der Waals surface area contributed by atoms with Gasteiger partial charge in [0.2, 0.25) is 5.82 Å². The molecule has 0 radical (unpaired) electrons. The molecule has 0 amide bonds. The highest BCUT2D eigenvalue weighted by Gasteiger charge is 2.15. The molecule has 1 heterocycles. The number of hydrogen-bond donors (Lipinski definition) is 1. The van der Waals surface area contributed by atoms with Gasteiger partial charge in [0.25, 0.3) is 0 Å². The smallest absolute Gasteiger partial charge is 0.304 e. The highest BCUT2D eigenvalue weighted by Crippen LogP contribution is 2.19. The lowest BCUT2D eigenvalue weighted by Gasteiger charge is -2.04. The van der Waals surface area contributed by atoms with Gasteiger partial charge in [-0.25, -0.2) is 4.68 Å². The van der Waals surface area contributed by atoms with E-state index < -0.39 is 16.4 Å². The quantitative estimate of drug-likeness (QED) is 0.666. The Morgan fingerprint density at radius 2 is 2.25 bits per heavy atom. The largest absolute Gasteiger partial charge is 0.309 e. The summed E-state index contributed by atoms with van der Waals surface area (Å²) in [5.74, 6) is -0.898. The van der Waals surface area contributed by atoms with Crippen LogP contribution in [0.2, 0.25) is 0 Å². The van der Waals surface area contributed by atoms with Gasteiger partial charge in [-0.3, -0.25) is 10.1 Å². The predicted octanol–water partition coefficient (Wildman–Crippen LogP) is 1.81. The van der Waals surface area contributed by atoms with Crippen molar-refractivity contribution in [2.24, 2.45) is 0 Å². The first-order valence-corrected chi connectivity index (χ1v) is 6.06. The molecule has 20 heavy (non-hydrogen) atoms. The van der Waals surface area contributed by atoms with Crippen molar-refractivity contribution in [3.8, 4) is 5.69 Å². The molecule has 0 saturated heterocycles. The number of nitrogens with zero attached hydrogens (tertiary/aromatic N) is 4. The summed E-state index contributed by atoms with van der Waals surface area (Å²) < 4.78 is 14.9. The van der Waals surface area contributed by atoms with E-state index in [-0.39, 0.29) is 0 Å². The summed E-state index contributed by atoms with van der Waals surface area (Å²) in [5.41, 5.74) is 0.532. The third-order valence-corrected chi connectivity index (χ3v) is 2.62. The first kappa shape index (κ1) is 14.1. The highest BCUT2D eigenvalue weighted by atomic mass is 19.1. The van der Waals surface area contributed by atoms with Crippen molar-refractivity contribution in [3.05, 3.63) is 46.0 Å². The zero-order valence-corrected chi connectivity index (χ0v) is 11.1. The summed E-state index contributed by atoms with van der Waals surface area (Å²) in [7, 11) is 0. The minimum atomic E-state index is -0.898. The van der Waals surface area contributed by atoms with Crippen molar-refractivity contribution in [1.29, 1.82) is 0 Å². The lowest BCUT2D eigenvalue weighted by atomic mass is 10.2. The number of nitro benzene ring substituents is 1. The van der Waals surface area contributed by atoms with Gasteiger partial charge < -0.3 is 5.32 Å². The lowest BCUT2D eigenvalue weighted by molar-refractivity contribution is -0.387. The summed E-state index contributed by atoms with van der Waals surface area (Å²) in [4.78, 5) is 9.78. The van der Waals surface area contributed by atoms with E-state index in [9.17, 15) is 14.5 Å². The molecule has 1 aromatic heterocycles. The van der Waals surface area contributed by atoms with Crippen LogP contribution in [0.3, 0.4) is 0 Å². The average Bonchev–Trinajstić information content (AvgIpc) is 2.84. The predicted molar refractivity (Wildman–Crippen MR) is 69.9 cm³/mol. The van der Waals surface area contributed by atoms with Crippen LogP contribution in [0.15, 0.2) is 24.4 Å². The molecule has 2 rings (SSSR count). The lowest BCUT2D eigenvalue weighted by Crippen LogP contribution is -2.21. The van der Waals surface area contributed by atoms with Gasteiger partial charge in [-0.2, -0.15) is 4.39 Å². The van der Waals surface area contributed by atoms with Gasteiger partial charge in [0, 0.05) is 24.7 Å². The Kier molecular flexibility index (Phi) is 4.04. The second kappa shape index (κ2) is 5.74. The highest BCUT2D eigenvalue weighted by molar-refractivity contribution is 5.41. The standard InChI is InChI=1S/C12H14FN5O2/c1-8(2)14-6-9-7-17(16-15-9)10-3-4-12(18(19)20)11(13)5-10/h3-5,7-8,14H,6H2,1-2H3. The molecule has 0 unspecified atom stereocenters. The number of aromatic nitrogens is 3. The molecule has 0 atom stereocenters. The van der Waals surface area contributed by atoms with Crippen LogP contribution in [0, 0.1) is 15.9 Å². The van der Waals surface area contributed by atoms with Crippen molar-refractivity contribution < 1.29 is 9.31 Å². The van der Waals surface area contributed by atoms with E-state index in [4.69, 9.17) is 0 Å². The van der Waals surface area contributed by atoms with Crippen LogP contribution in [0.25, 0.3) is 5.69 Å². The summed E-state index contributed by atoms with van der Waals surface area (Å²) >= 11 is 0. The molecule has 0 fully saturated rings. The van der Waals surface area contributed by atoms with Crippen molar-refractivity contribution in [2.45, 2.75) is 26.4 Å². The van der Waals surface area contributed by atoms with Gasteiger partial charge in [0.1, 0.15) is 0 Å². The summed E-state index contributed by atoms with van der Waals surface area (Å²) in [6.07, 6.45) is 1.65. The summed E-state index contributed by atoms with van der Waals surface area (Å²) in [6.45, 7) is 4.57. The fourth-order valence-electron chi connectivity index (χ4n) is 1.60. The summed E-state index contributed by atoms with van der Waals surface area (Å²) in [6, 6.07) is 3.91. The van der Waals surface area contributed by atoms with E-state index in [1.807, 2.05) is 13.8 Å². The van der Waals surface area contributed by atoms with E-state index >= 15 is 0 Å². The van der Waals surface area contributed by atoms with Crippen molar-refractivity contribution in [3.63, 3.8) is 0 Å². The van der Waals surface area contributed by atoms with Crippen LogP contribution in [0.4, 0.5) is 10.1 Å². The Labute approximate surface area is 114 Å². The van der Waals surface area contributed by atoms with Crippen molar-refractivity contribution in [2.75, 3.05) is 0 Å². The first-order valence-electron chi connectivity index (χ1n) is 6.06. The summed E-state index contributed by atoms with van der Waals surface area (Å²) in [5, 5.41) is 21.5. The van der Waals surface area contributed by atoms with Crippen molar-refractivity contribution >= 4 is 5.69 Å². The first-order chi connectivity index (χ1) is 9.47.